The summed E-state index contributed by atoms with van der Waals surface area (Å²) in [4.78, 5) is 28.5. The van der Waals surface area contributed by atoms with E-state index in [2.05, 4.69) is 15.7 Å². The van der Waals surface area contributed by atoms with Gasteiger partial charge in [0.2, 0.25) is 11.6 Å². The van der Waals surface area contributed by atoms with Gasteiger partial charge in [-0.25, -0.2) is 8.42 Å². The lowest BCUT2D eigenvalue weighted by molar-refractivity contribution is -0.145. The van der Waals surface area contributed by atoms with Crippen LogP contribution in [0.25, 0.3) is 0 Å². The highest BCUT2D eigenvalue weighted by Crippen LogP contribution is 2.39. The second-order valence-electron chi connectivity index (χ2n) is 7.03. The molecule has 1 aliphatic rings. The molecular formula is C18H22ClN5O6S. The maximum atomic E-state index is 12.6. The number of Topliss-reactive ketones (excluding diaryl/α,β-unsaturated/α-hetero) is 2. The molecule has 0 aliphatic heterocycles. The summed E-state index contributed by atoms with van der Waals surface area (Å²) in [6, 6.07) is 0.409. The van der Waals surface area contributed by atoms with Gasteiger partial charge < -0.3 is 10.4 Å². The Hall–Kier alpha value is -2.51. The third kappa shape index (κ3) is 4.16. The van der Waals surface area contributed by atoms with E-state index in [1.807, 2.05) is 6.92 Å². The van der Waals surface area contributed by atoms with Gasteiger partial charge in [0, 0.05) is 31.9 Å². The molecule has 1 aliphatic carbocycles. The number of hydrogen-bond donors (Lipinski definition) is 3. The zero-order valence-electron chi connectivity index (χ0n) is 17.2. The number of hydroxylamine groups is 1. The fourth-order valence-electron chi connectivity index (χ4n) is 3.17. The van der Waals surface area contributed by atoms with Crippen LogP contribution in [0.4, 0.5) is 5.69 Å². The number of anilines is 1. The molecule has 1 fully saturated rings. The largest absolute Gasteiger partial charge is 0.504 e. The maximum absolute atomic E-state index is 12.6. The molecule has 3 unspecified atom stereocenters. The summed E-state index contributed by atoms with van der Waals surface area (Å²) in [6.45, 7) is 1.81. The van der Waals surface area contributed by atoms with Crippen LogP contribution in [0.1, 0.15) is 18.5 Å². The third-order valence-electron chi connectivity index (χ3n) is 5.04. The average molecular weight is 472 g/mol. The van der Waals surface area contributed by atoms with Gasteiger partial charge in [0.1, 0.15) is 17.0 Å². The predicted octanol–water partition coefficient (Wildman–Crippen LogP) is 0.613. The average Bonchev–Trinajstić information content (AvgIpc) is 3.17. The fourth-order valence-corrected chi connectivity index (χ4v) is 4.73. The number of ketones is 2. The number of aryl methyl sites for hydroxylation is 1. The monoisotopic (exact) mass is 471 g/mol. The van der Waals surface area contributed by atoms with E-state index in [1.165, 1.54) is 12.1 Å². The van der Waals surface area contributed by atoms with Crippen LogP contribution in [-0.2, 0) is 31.5 Å². The summed E-state index contributed by atoms with van der Waals surface area (Å²) in [5.74, 6) is -2.00. The van der Waals surface area contributed by atoms with Crippen molar-refractivity contribution in [1.29, 1.82) is 0 Å². The number of phenols is 1. The van der Waals surface area contributed by atoms with Gasteiger partial charge in [0.05, 0.1) is 24.0 Å². The van der Waals surface area contributed by atoms with E-state index in [1.54, 1.807) is 24.1 Å². The van der Waals surface area contributed by atoms with Gasteiger partial charge in [-0.05, 0) is 19.1 Å². The van der Waals surface area contributed by atoms with Crippen molar-refractivity contribution < 1.29 is 28.0 Å². The fraction of sp³-hybridized carbons (Fsp3) is 0.389. The van der Waals surface area contributed by atoms with E-state index in [4.69, 9.17) is 16.4 Å². The first-order valence-corrected chi connectivity index (χ1v) is 10.9. The number of hydrogen-bond acceptors (Lipinski definition) is 9. The van der Waals surface area contributed by atoms with Crippen molar-refractivity contribution in [2.75, 3.05) is 19.5 Å². The highest BCUT2D eigenvalue weighted by molar-refractivity contribution is 7.89. The Morgan fingerprint density at radius 1 is 1.29 bits per heavy atom. The van der Waals surface area contributed by atoms with E-state index in [-0.39, 0.29) is 16.8 Å². The number of nitrogens with zero attached hydrogens (tertiary/aromatic N) is 3. The zero-order chi connectivity index (χ0) is 23.1. The molecule has 3 N–H and O–H groups in total. The van der Waals surface area contributed by atoms with Crippen molar-refractivity contribution in [2.45, 2.75) is 29.9 Å². The van der Waals surface area contributed by atoms with Crippen molar-refractivity contribution in [1.82, 2.24) is 19.6 Å². The van der Waals surface area contributed by atoms with Crippen molar-refractivity contribution >= 4 is 38.9 Å². The molecule has 3 rings (SSSR count). The maximum Gasteiger partial charge on any atom is 0.269 e. The van der Waals surface area contributed by atoms with Crippen LogP contribution in [0.2, 0.25) is 5.02 Å². The second kappa shape index (κ2) is 8.55. The first kappa shape index (κ1) is 23.2. The quantitative estimate of drug-likeness (QED) is 0.286. The molecule has 1 saturated carbocycles. The van der Waals surface area contributed by atoms with Gasteiger partial charge in [0.15, 0.2) is 5.75 Å². The van der Waals surface area contributed by atoms with Crippen LogP contribution < -0.4 is 10.6 Å². The zero-order valence-corrected chi connectivity index (χ0v) is 18.7. The molecular weight excluding hydrogens is 450 g/mol. The highest BCUT2D eigenvalue weighted by atomic mass is 35.5. The van der Waals surface area contributed by atoms with E-state index in [9.17, 15) is 23.1 Å². The standard InChI is InChI=1S/C18H22ClN5O6S/c1-9(10-7-20-23(2)8-10)21-13-14(17(27)16(13)26)22-12-6-5-11(19)18(15(12)25)31(28,29)24(3)30-4/h5-9,13-14,21-22,25H,1-4H3. The number of carbonyl (C=O) groups excluding carboxylic acids is 2. The van der Waals surface area contributed by atoms with Crippen LogP contribution in [0.15, 0.2) is 29.4 Å². The Labute approximate surface area is 183 Å². The van der Waals surface area contributed by atoms with Gasteiger partial charge in [-0.2, -0.15) is 5.10 Å². The van der Waals surface area contributed by atoms with Crippen LogP contribution in [0, 0.1) is 0 Å². The first-order valence-electron chi connectivity index (χ1n) is 9.12. The molecule has 168 valence electrons. The van der Waals surface area contributed by atoms with Crippen LogP contribution >= 0.6 is 11.6 Å². The predicted molar refractivity (Wildman–Crippen MR) is 111 cm³/mol. The Kier molecular flexibility index (Phi) is 6.39. The van der Waals surface area contributed by atoms with Crippen LogP contribution in [-0.4, -0.2) is 65.6 Å². The lowest BCUT2D eigenvalue weighted by Crippen LogP contribution is -2.67. The molecule has 0 bridgehead atoms. The number of phenolic OH excluding ortho intramolecular Hbond substituents is 1. The molecule has 0 spiro atoms. The molecule has 1 aromatic carbocycles. The molecule has 1 aromatic heterocycles. The smallest absolute Gasteiger partial charge is 0.269 e. The minimum atomic E-state index is -4.28. The van der Waals surface area contributed by atoms with Crippen molar-refractivity contribution in [3.63, 3.8) is 0 Å². The van der Waals surface area contributed by atoms with Gasteiger partial charge >= 0.3 is 0 Å². The molecule has 0 saturated heterocycles. The van der Waals surface area contributed by atoms with E-state index < -0.39 is 44.3 Å². The minimum absolute atomic E-state index is 0.0702. The summed E-state index contributed by atoms with van der Waals surface area (Å²) in [7, 11) is -0.237. The summed E-state index contributed by atoms with van der Waals surface area (Å²) < 4.78 is 27.3. The Balaban J connectivity index is 1.86. The van der Waals surface area contributed by atoms with Crippen LogP contribution in [0.3, 0.4) is 0 Å². The number of benzene rings is 1. The Bertz CT molecular complexity index is 1130. The third-order valence-corrected chi connectivity index (χ3v) is 7.23. The summed E-state index contributed by atoms with van der Waals surface area (Å²) in [5.41, 5.74) is 0.748. The number of aromatic hydroxyl groups is 1. The van der Waals surface area contributed by atoms with Gasteiger partial charge in [-0.1, -0.05) is 16.1 Å². The topological polar surface area (TPSA) is 143 Å². The number of carbonyl (C=O) groups is 2. The lowest BCUT2D eigenvalue weighted by atomic mass is 9.82. The number of halogens is 1. The van der Waals surface area contributed by atoms with E-state index in [0.29, 0.717) is 4.47 Å². The van der Waals surface area contributed by atoms with Crippen LogP contribution in [0.5, 0.6) is 5.75 Å². The first-order chi connectivity index (χ1) is 14.5. The number of nitrogens with one attached hydrogen (secondary N) is 2. The Morgan fingerprint density at radius 2 is 1.94 bits per heavy atom. The molecule has 0 radical (unpaired) electrons. The molecule has 3 atom stereocenters. The van der Waals surface area contributed by atoms with Gasteiger partial charge in [-0.15, -0.1) is 0 Å². The lowest BCUT2D eigenvalue weighted by Gasteiger charge is -2.36. The number of sulfonamides is 1. The van der Waals surface area contributed by atoms with E-state index >= 15 is 0 Å². The SMILES string of the molecule is CON(C)S(=O)(=O)c1c(Cl)ccc(NC2C(=O)C(=O)C2NC(C)c2cnn(C)c2)c1O. The summed E-state index contributed by atoms with van der Waals surface area (Å²) in [5, 5.41) is 20.2. The highest BCUT2D eigenvalue weighted by Gasteiger charge is 2.50. The Morgan fingerprint density at radius 3 is 2.52 bits per heavy atom. The number of aromatic nitrogens is 2. The molecule has 11 nitrogen and oxygen atoms in total. The summed E-state index contributed by atoms with van der Waals surface area (Å²) >= 11 is 6.00. The minimum Gasteiger partial charge on any atom is -0.504 e. The van der Waals surface area contributed by atoms with E-state index in [0.717, 1.165) is 19.7 Å². The van der Waals surface area contributed by atoms with Crippen molar-refractivity contribution in [2.24, 2.45) is 7.05 Å². The van der Waals surface area contributed by atoms with Gasteiger partial charge in [0.25, 0.3) is 10.0 Å². The molecule has 31 heavy (non-hydrogen) atoms. The van der Waals surface area contributed by atoms with Gasteiger partial charge in [-0.3, -0.25) is 24.4 Å². The van der Waals surface area contributed by atoms with Crippen molar-refractivity contribution in [3.8, 4) is 5.75 Å². The van der Waals surface area contributed by atoms with Crippen molar-refractivity contribution in [3.05, 3.63) is 35.1 Å². The molecule has 1 heterocycles. The summed E-state index contributed by atoms with van der Waals surface area (Å²) in [6.07, 6.45) is 3.42. The normalized spacial score (nSPS) is 20.1. The molecule has 2 aromatic rings. The second-order valence-corrected chi connectivity index (χ2v) is 9.31. The molecule has 0 amide bonds. The molecule has 13 heteroatoms. The number of rotatable bonds is 8.